The molecule has 2 nitrogen and oxygen atoms in total. The number of alkyl halides is 1. The molecule has 4 heteroatoms. The first-order valence-corrected chi connectivity index (χ1v) is 12.4. The van der Waals surface area contributed by atoms with Crippen LogP contribution in [0.3, 0.4) is 0 Å². The zero-order valence-electron chi connectivity index (χ0n) is 17.6. The van der Waals surface area contributed by atoms with Crippen molar-refractivity contribution in [3.8, 4) is 0 Å². The van der Waals surface area contributed by atoms with Crippen molar-refractivity contribution >= 4 is 28.8 Å². The van der Waals surface area contributed by atoms with Gasteiger partial charge in [0.2, 0.25) is 0 Å². The molecule has 3 N–H and O–H groups in total. The summed E-state index contributed by atoms with van der Waals surface area (Å²) in [6.45, 7) is 3.14. The number of rotatable bonds is 4. The monoisotopic (exact) mass is 430 g/mol. The lowest BCUT2D eigenvalue weighted by Gasteiger charge is -2.67. The first-order chi connectivity index (χ1) is 13.9. The van der Waals surface area contributed by atoms with Crippen LogP contribution in [0, 0.1) is 23.2 Å². The molecule has 0 aliphatic heterocycles. The molecule has 1 aromatic rings. The molecule has 2 atom stereocenters. The van der Waals surface area contributed by atoms with E-state index < -0.39 is 0 Å². The summed E-state index contributed by atoms with van der Waals surface area (Å²) in [7, 11) is 0. The highest BCUT2D eigenvalue weighted by Crippen LogP contribution is 2.70. The van der Waals surface area contributed by atoms with Crippen molar-refractivity contribution in [3.63, 3.8) is 0 Å². The standard InChI is InChI=1S/C25H35ClN2S/c1-23(26)19-11-24(18-5-3-2-4-6-18)12-20(23)14-25(13-19,16-24)22(29)28-21-9-7-17(15-27)8-10-21/h2-6,17,19-21H,7-16,27H2,1H3,(H,28,29)/t17-,19?,20?,21-,23?,24?,25?. The Labute approximate surface area is 186 Å². The highest BCUT2D eigenvalue weighted by atomic mass is 35.5. The van der Waals surface area contributed by atoms with Crippen LogP contribution < -0.4 is 11.1 Å². The molecule has 5 aliphatic carbocycles. The Hall–Kier alpha value is -0.640. The minimum absolute atomic E-state index is 0.0724. The third-order valence-electron chi connectivity index (χ3n) is 9.20. The van der Waals surface area contributed by atoms with Crippen LogP contribution >= 0.6 is 23.8 Å². The van der Waals surface area contributed by atoms with Gasteiger partial charge in [0.1, 0.15) is 0 Å². The minimum atomic E-state index is -0.0724. The van der Waals surface area contributed by atoms with Crippen LogP contribution in [0.25, 0.3) is 0 Å². The fraction of sp³-hybridized carbons (Fsp3) is 0.720. The van der Waals surface area contributed by atoms with Gasteiger partial charge in [0, 0.05) is 16.3 Å². The van der Waals surface area contributed by atoms with Gasteiger partial charge in [-0.2, -0.15) is 0 Å². The van der Waals surface area contributed by atoms with Gasteiger partial charge in [0.15, 0.2) is 0 Å². The molecule has 2 unspecified atom stereocenters. The number of hydrogen-bond acceptors (Lipinski definition) is 2. The Morgan fingerprint density at radius 2 is 1.69 bits per heavy atom. The number of benzene rings is 1. The summed E-state index contributed by atoms with van der Waals surface area (Å²) in [6, 6.07) is 11.8. The van der Waals surface area contributed by atoms with Gasteiger partial charge in [-0.25, -0.2) is 0 Å². The van der Waals surface area contributed by atoms with Gasteiger partial charge in [0.25, 0.3) is 0 Å². The average Bonchev–Trinajstić information content (AvgIpc) is 2.73. The Morgan fingerprint density at radius 1 is 1.07 bits per heavy atom. The maximum atomic E-state index is 7.19. The Morgan fingerprint density at radius 3 is 2.28 bits per heavy atom. The molecule has 4 bridgehead atoms. The fourth-order valence-corrected chi connectivity index (χ4v) is 8.26. The molecule has 158 valence electrons. The van der Waals surface area contributed by atoms with E-state index in [0.717, 1.165) is 11.5 Å². The molecule has 0 spiro atoms. The van der Waals surface area contributed by atoms with Crippen molar-refractivity contribution in [3.05, 3.63) is 35.9 Å². The number of halogens is 1. The number of hydrogen-bond donors (Lipinski definition) is 2. The van der Waals surface area contributed by atoms with E-state index in [0.29, 0.717) is 23.8 Å². The van der Waals surface area contributed by atoms with Crippen molar-refractivity contribution < 1.29 is 0 Å². The van der Waals surface area contributed by atoms with E-state index in [-0.39, 0.29) is 15.7 Å². The van der Waals surface area contributed by atoms with Gasteiger partial charge in [-0.15, -0.1) is 11.6 Å². The maximum Gasteiger partial charge on any atom is 0.0818 e. The van der Waals surface area contributed by atoms with Gasteiger partial charge >= 0.3 is 0 Å². The molecule has 29 heavy (non-hydrogen) atoms. The van der Waals surface area contributed by atoms with Crippen molar-refractivity contribution in [1.29, 1.82) is 0 Å². The average molecular weight is 431 g/mol. The molecule has 1 aromatic carbocycles. The lowest BCUT2D eigenvalue weighted by Crippen LogP contribution is -2.66. The second kappa shape index (κ2) is 7.21. The smallest absolute Gasteiger partial charge is 0.0818 e. The van der Waals surface area contributed by atoms with Gasteiger partial charge in [-0.1, -0.05) is 42.5 Å². The number of nitrogens with one attached hydrogen (secondary N) is 1. The van der Waals surface area contributed by atoms with Crippen LogP contribution in [0.4, 0.5) is 0 Å². The molecule has 5 aliphatic rings. The topological polar surface area (TPSA) is 38.0 Å². The Bertz CT molecular complexity index is 750. The van der Waals surface area contributed by atoms with Crippen molar-refractivity contribution in [1.82, 2.24) is 5.32 Å². The summed E-state index contributed by atoms with van der Waals surface area (Å²) in [6.07, 6.45) is 10.9. The van der Waals surface area contributed by atoms with Crippen LogP contribution in [0.2, 0.25) is 0 Å². The molecule has 5 fully saturated rings. The predicted molar refractivity (Wildman–Crippen MR) is 125 cm³/mol. The van der Waals surface area contributed by atoms with Crippen molar-refractivity contribution in [2.75, 3.05) is 6.54 Å². The van der Waals surface area contributed by atoms with E-state index in [1.54, 1.807) is 0 Å². The molecule has 0 amide bonds. The van der Waals surface area contributed by atoms with Gasteiger partial charge < -0.3 is 11.1 Å². The minimum Gasteiger partial charge on any atom is -0.376 e. The summed E-state index contributed by atoms with van der Waals surface area (Å²) in [4.78, 5) is 1.08. The first-order valence-electron chi connectivity index (χ1n) is 11.6. The lowest BCUT2D eigenvalue weighted by atomic mass is 9.40. The van der Waals surface area contributed by atoms with Gasteiger partial charge in [-0.3, -0.25) is 0 Å². The first kappa shape index (κ1) is 20.3. The summed E-state index contributed by atoms with van der Waals surface area (Å²) in [5, 5.41) is 3.86. The predicted octanol–water partition coefficient (Wildman–Crippen LogP) is 5.57. The van der Waals surface area contributed by atoms with E-state index in [2.05, 4.69) is 42.6 Å². The molecule has 6 rings (SSSR count). The van der Waals surface area contributed by atoms with E-state index in [4.69, 9.17) is 29.6 Å². The molecular formula is C25H35ClN2S. The largest absolute Gasteiger partial charge is 0.376 e. The van der Waals surface area contributed by atoms with Crippen molar-refractivity contribution in [2.45, 2.75) is 81.0 Å². The lowest BCUT2D eigenvalue weighted by molar-refractivity contribution is -0.0621. The highest BCUT2D eigenvalue weighted by molar-refractivity contribution is 7.80. The zero-order valence-corrected chi connectivity index (χ0v) is 19.2. The third kappa shape index (κ3) is 3.27. The fourth-order valence-electron chi connectivity index (χ4n) is 7.54. The van der Waals surface area contributed by atoms with Gasteiger partial charge in [-0.05, 0) is 100.0 Å². The summed E-state index contributed by atoms with van der Waals surface area (Å²) in [5.41, 5.74) is 7.79. The van der Waals surface area contributed by atoms with Crippen molar-refractivity contribution in [2.24, 2.45) is 28.9 Å². The molecule has 0 aromatic heterocycles. The third-order valence-corrected chi connectivity index (χ3v) is 10.4. The molecule has 0 saturated heterocycles. The quantitative estimate of drug-likeness (QED) is 0.484. The van der Waals surface area contributed by atoms with E-state index in [9.17, 15) is 0 Å². The van der Waals surface area contributed by atoms with Crippen LogP contribution in [0.1, 0.15) is 70.3 Å². The Kier molecular flexibility index (Phi) is 5.04. The summed E-state index contributed by atoms with van der Waals surface area (Å²) in [5.74, 6) is 1.82. The molecule has 5 saturated carbocycles. The molecular weight excluding hydrogens is 396 g/mol. The van der Waals surface area contributed by atoms with Crippen LogP contribution in [-0.2, 0) is 5.41 Å². The second-order valence-electron chi connectivity index (χ2n) is 10.9. The van der Waals surface area contributed by atoms with Gasteiger partial charge in [0.05, 0.1) is 4.99 Å². The van der Waals surface area contributed by atoms with Crippen LogP contribution in [0.5, 0.6) is 0 Å². The second-order valence-corrected chi connectivity index (χ2v) is 12.1. The highest BCUT2D eigenvalue weighted by Gasteiger charge is 2.66. The zero-order chi connectivity index (χ0) is 20.3. The maximum absolute atomic E-state index is 7.19. The van der Waals surface area contributed by atoms with E-state index >= 15 is 0 Å². The number of nitrogens with two attached hydrogens (primary N) is 1. The summed E-state index contributed by atoms with van der Waals surface area (Å²) >= 11 is 13.4. The molecule has 0 heterocycles. The van der Waals surface area contributed by atoms with Crippen LogP contribution in [0.15, 0.2) is 30.3 Å². The molecule has 0 radical (unpaired) electrons. The number of thiocarbonyl (C=S) groups is 1. The normalized spacial score (nSPS) is 45.9. The van der Waals surface area contributed by atoms with E-state index in [1.807, 2.05) is 0 Å². The van der Waals surface area contributed by atoms with E-state index in [1.165, 1.54) is 63.4 Å². The SMILES string of the molecule is CC1(Cl)C2CC3(C(=S)N[C@H]4CC[C@H](CN)CC4)CC1CC(c1ccccc1)(C2)C3. The summed E-state index contributed by atoms with van der Waals surface area (Å²) < 4.78 is 0. The van der Waals surface area contributed by atoms with Crippen LogP contribution in [-0.4, -0.2) is 22.4 Å². The Balaban J connectivity index is 1.41.